The predicted octanol–water partition coefficient (Wildman–Crippen LogP) is 0.412. The maximum absolute atomic E-state index is 12.9. The van der Waals surface area contributed by atoms with E-state index in [-0.39, 0.29) is 23.9 Å². The molecule has 26 heavy (non-hydrogen) atoms. The summed E-state index contributed by atoms with van der Waals surface area (Å²) in [7, 11) is 0. The number of rotatable bonds is 6. The molecule has 1 fully saturated rings. The summed E-state index contributed by atoms with van der Waals surface area (Å²) in [6.45, 7) is 3.66. The molecule has 2 amide bonds. The van der Waals surface area contributed by atoms with Crippen LogP contribution in [0.3, 0.4) is 0 Å². The first kappa shape index (κ1) is 18.4. The number of piperidine rings is 1. The summed E-state index contributed by atoms with van der Waals surface area (Å²) in [5, 5.41) is 10.3. The second-order valence-electron chi connectivity index (χ2n) is 7.19. The maximum atomic E-state index is 12.9. The lowest BCUT2D eigenvalue weighted by molar-refractivity contribution is -0.129. The van der Waals surface area contributed by atoms with Gasteiger partial charge in [0, 0.05) is 29.1 Å². The van der Waals surface area contributed by atoms with Crippen molar-refractivity contribution in [3.8, 4) is 0 Å². The smallest absolute Gasteiger partial charge is 0.243 e. The van der Waals surface area contributed by atoms with Crippen LogP contribution in [-0.4, -0.2) is 48.0 Å². The molecule has 0 spiro atoms. The molecule has 3 rings (SSSR count). The lowest BCUT2D eigenvalue weighted by atomic mass is 9.90. The van der Waals surface area contributed by atoms with E-state index in [1.54, 1.807) is 0 Å². The highest BCUT2D eigenvalue weighted by Gasteiger charge is 2.32. The normalized spacial score (nSPS) is 17.6. The van der Waals surface area contributed by atoms with Crippen LogP contribution in [0.25, 0.3) is 10.9 Å². The molecular formula is C19H27N5O2. The zero-order valence-corrected chi connectivity index (χ0v) is 15.1. The van der Waals surface area contributed by atoms with Crippen LogP contribution in [0.5, 0.6) is 0 Å². The summed E-state index contributed by atoms with van der Waals surface area (Å²) in [6.07, 6.45) is 4.04. The number of hydrogen-bond donors (Lipinski definition) is 5. The Morgan fingerprint density at radius 2 is 2.00 bits per heavy atom. The first-order valence-electron chi connectivity index (χ1n) is 9.08. The van der Waals surface area contributed by atoms with Crippen LogP contribution in [0.2, 0.25) is 0 Å². The third kappa shape index (κ3) is 4.23. The van der Waals surface area contributed by atoms with Gasteiger partial charge in [0.1, 0.15) is 6.04 Å². The van der Waals surface area contributed by atoms with Gasteiger partial charge in [0.05, 0.1) is 6.54 Å². The van der Waals surface area contributed by atoms with Crippen LogP contribution in [0.1, 0.15) is 25.3 Å². The Hall–Kier alpha value is -2.38. The molecule has 1 atom stereocenters. The monoisotopic (exact) mass is 357 g/mol. The third-order valence-electron chi connectivity index (χ3n) is 5.07. The van der Waals surface area contributed by atoms with Gasteiger partial charge in [0.25, 0.3) is 0 Å². The van der Waals surface area contributed by atoms with Gasteiger partial charge in [0.2, 0.25) is 11.8 Å². The van der Waals surface area contributed by atoms with Gasteiger partial charge < -0.3 is 26.7 Å². The van der Waals surface area contributed by atoms with E-state index in [1.807, 2.05) is 30.5 Å². The Morgan fingerprint density at radius 3 is 2.73 bits per heavy atom. The number of aromatic nitrogens is 1. The molecule has 0 radical (unpaired) electrons. The molecule has 1 aliphatic rings. The molecule has 2 heterocycles. The summed E-state index contributed by atoms with van der Waals surface area (Å²) >= 11 is 0. The highest BCUT2D eigenvalue weighted by Crippen LogP contribution is 2.21. The number of nitrogens with one attached hydrogen (secondary N) is 4. The lowest BCUT2D eigenvalue weighted by Gasteiger charge is -2.36. The van der Waals surface area contributed by atoms with E-state index in [4.69, 9.17) is 5.73 Å². The Labute approximate surface area is 153 Å². The van der Waals surface area contributed by atoms with Crippen molar-refractivity contribution in [1.82, 2.24) is 20.9 Å². The number of para-hydroxylation sites is 1. The average Bonchev–Trinajstić information content (AvgIpc) is 3.04. The Balaban J connectivity index is 1.78. The molecule has 0 saturated carbocycles. The first-order chi connectivity index (χ1) is 12.5. The fourth-order valence-electron chi connectivity index (χ4n) is 3.47. The topological polar surface area (TPSA) is 112 Å². The number of carbonyl (C=O) groups excluding carboxylic acids is 2. The van der Waals surface area contributed by atoms with Crippen molar-refractivity contribution in [2.45, 2.75) is 37.8 Å². The third-order valence-corrected chi connectivity index (χ3v) is 5.07. The van der Waals surface area contributed by atoms with E-state index in [0.717, 1.165) is 42.4 Å². The zero-order chi connectivity index (χ0) is 18.6. The fraction of sp³-hybridized carbons (Fsp3) is 0.474. The molecule has 0 unspecified atom stereocenters. The summed E-state index contributed by atoms with van der Waals surface area (Å²) in [6, 6.07) is 7.26. The Bertz CT molecular complexity index is 779. The number of nitrogens with two attached hydrogens (primary N) is 1. The number of fused-ring (bicyclic) bond motifs is 1. The van der Waals surface area contributed by atoms with Crippen LogP contribution < -0.4 is 21.7 Å². The molecule has 0 bridgehead atoms. The number of amides is 2. The summed E-state index contributed by atoms with van der Waals surface area (Å²) in [4.78, 5) is 28.0. The second kappa shape index (κ2) is 7.88. The molecule has 7 heteroatoms. The van der Waals surface area contributed by atoms with Crippen molar-refractivity contribution in [2.75, 3.05) is 19.6 Å². The van der Waals surface area contributed by atoms with Crippen LogP contribution in [0.15, 0.2) is 30.5 Å². The molecular weight excluding hydrogens is 330 g/mol. The second-order valence-corrected chi connectivity index (χ2v) is 7.19. The molecule has 2 aromatic rings. The predicted molar refractivity (Wildman–Crippen MR) is 102 cm³/mol. The summed E-state index contributed by atoms with van der Waals surface area (Å²) in [5.74, 6) is -0.498. The van der Waals surface area contributed by atoms with E-state index in [9.17, 15) is 9.59 Å². The van der Waals surface area contributed by atoms with E-state index in [2.05, 4.69) is 27.9 Å². The van der Waals surface area contributed by atoms with Crippen molar-refractivity contribution >= 4 is 22.7 Å². The molecule has 1 aromatic carbocycles. The van der Waals surface area contributed by atoms with Gasteiger partial charge in [-0.2, -0.15) is 0 Å². The SMILES string of the molecule is CC1(NC(=O)[C@@H](Cc2c[nH]c3ccccc23)NC(=O)CN)CCNCC1. The molecule has 6 N–H and O–H groups in total. The highest BCUT2D eigenvalue weighted by atomic mass is 16.2. The average molecular weight is 357 g/mol. The van der Waals surface area contributed by atoms with E-state index in [1.165, 1.54) is 0 Å². The molecule has 1 aliphatic heterocycles. The highest BCUT2D eigenvalue weighted by molar-refractivity contribution is 5.90. The number of H-pyrrole nitrogens is 1. The Kier molecular flexibility index (Phi) is 5.58. The van der Waals surface area contributed by atoms with Crippen molar-refractivity contribution in [2.24, 2.45) is 5.73 Å². The minimum absolute atomic E-state index is 0.140. The Morgan fingerprint density at radius 1 is 1.27 bits per heavy atom. The number of benzene rings is 1. The van der Waals surface area contributed by atoms with Crippen LogP contribution >= 0.6 is 0 Å². The maximum Gasteiger partial charge on any atom is 0.243 e. The van der Waals surface area contributed by atoms with Crippen molar-refractivity contribution in [3.63, 3.8) is 0 Å². The molecule has 140 valence electrons. The van der Waals surface area contributed by atoms with Gasteiger partial charge in [0.15, 0.2) is 0 Å². The zero-order valence-electron chi connectivity index (χ0n) is 15.1. The van der Waals surface area contributed by atoms with Gasteiger partial charge in [-0.25, -0.2) is 0 Å². The van der Waals surface area contributed by atoms with Gasteiger partial charge in [-0.05, 0) is 44.5 Å². The number of aromatic amines is 1. The van der Waals surface area contributed by atoms with Gasteiger partial charge >= 0.3 is 0 Å². The van der Waals surface area contributed by atoms with E-state index >= 15 is 0 Å². The summed E-state index contributed by atoms with van der Waals surface area (Å²) in [5.41, 5.74) is 7.19. The minimum atomic E-state index is -0.656. The molecule has 7 nitrogen and oxygen atoms in total. The van der Waals surface area contributed by atoms with Crippen LogP contribution in [0.4, 0.5) is 0 Å². The largest absolute Gasteiger partial charge is 0.361 e. The summed E-state index contributed by atoms with van der Waals surface area (Å²) < 4.78 is 0. The first-order valence-corrected chi connectivity index (χ1v) is 9.08. The molecule has 1 aromatic heterocycles. The number of carbonyl (C=O) groups is 2. The van der Waals surface area contributed by atoms with Gasteiger partial charge in [-0.1, -0.05) is 18.2 Å². The number of hydrogen-bond acceptors (Lipinski definition) is 4. The van der Waals surface area contributed by atoms with Crippen LogP contribution in [-0.2, 0) is 16.0 Å². The van der Waals surface area contributed by atoms with Gasteiger partial charge in [-0.3, -0.25) is 9.59 Å². The van der Waals surface area contributed by atoms with Gasteiger partial charge in [-0.15, -0.1) is 0 Å². The van der Waals surface area contributed by atoms with Crippen molar-refractivity contribution in [1.29, 1.82) is 0 Å². The van der Waals surface area contributed by atoms with Crippen molar-refractivity contribution in [3.05, 3.63) is 36.0 Å². The van der Waals surface area contributed by atoms with E-state index in [0.29, 0.717) is 6.42 Å². The van der Waals surface area contributed by atoms with E-state index < -0.39 is 6.04 Å². The molecule has 0 aliphatic carbocycles. The minimum Gasteiger partial charge on any atom is -0.361 e. The lowest BCUT2D eigenvalue weighted by Crippen LogP contribution is -2.58. The standard InChI is InChI=1S/C19H27N5O2/c1-19(6-8-21-9-7-19)24-18(26)16(23-17(25)11-20)10-13-12-22-15-5-3-2-4-14(13)15/h2-5,12,16,21-22H,6-11,20H2,1H3,(H,23,25)(H,24,26)/t16-/m1/s1. The van der Waals surface area contributed by atoms with Crippen molar-refractivity contribution < 1.29 is 9.59 Å². The fourth-order valence-corrected chi connectivity index (χ4v) is 3.47. The molecule has 1 saturated heterocycles. The quantitative estimate of drug-likeness (QED) is 0.515. The van der Waals surface area contributed by atoms with Crippen LogP contribution in [0, 0.1) is 0 Å².